The molecule has 18 nitrogen and oxygen atoms in total. The molecule has 0 aromatic carbocycles. The van der Waals surface area contributed by atoms with Crippen LogP contribution in [0.3, 0.4) is 0 Å². The second-order valence-electron chi connectivity index (χ2n) is 18.7. The summed E-state index contributed by atoms with van der Waals surface area (Å²) in [5, 5.41) is 20.0. The van der Waals surface area contributed by atoms with Crippen LogP contribution in [0.2, 0.25) is 36.3 Å². The van der Waals surface area contributed by atoms with E-state index in [4.69, 9.17) is 28.2 Å². The summed E-state index contributed by atoms with van der Waals surface area (Å²) in [5.41, 5.74) is 2.15. The van der Waals surface area contributed by atoms with Crippen LogP contribution in [0.1, 0.15) is 78.0 Å². The van der Waals surface area contributed by atoms with Gasteiger partial charge in [0.05, 0.1) is 30.4 Å². The minimum atomic E-state index is -4.33. The molecule has 326 valence electrons. The van der Waals surface area contributed by atoms with Gasteiger partial charge in [-0.05, 0) is 56.5 Å². The SMILES string of the molecule is Cc1cn(C2CC(O)C(CO)O2)c(=O)n(CCCn2c(=O)c(C)cn(C3OC(CO[Si](C)(C)C(C)(C)C)C4(OS(=O)(=O)C=C4N)C3O[Si](C)(C)C(C)(C)C)c2=O)c1=O. The van der Waals surface area contributed by atoms with E-state index in [-0.39, 0.29) is 54.4 Å². The van der Waals surface area contributed by atoms with Gasteiger partial charge in [-0.1, -0.05) is 41.5 Å². The lowest BCUT2D eigenvalue weighted by molar-refractivity contribution is -0.0567. The lowest BCUT2D eigenvalue weighted by Crippen LogP contribution is -2.59. The maximum absolute atomic E-state index is 14.5. The lowest BCUT2D eigenvalue weighted by Gasteiger charge is -2.43. The number of hydrogen-bond acceptors (Lipinski definition) is 14. The van der Waals surface area contributed by atoms with Crippen LogP contribution in [0.15, 0.2) is 42.7 Å². The first-order valence-electron chi connectivity index (χ1n) is 19.5. The number of nitrogens with two attached hydrogens (primary N) is 1. The highest BCUT2D eigenvalue weighted by atomic mass is 32.2. The molecule has 0 radical (unpaired) electrons. The van der Waals surface area contributed by atoms with Crippen LogP contribution in [-0.4, -0.2) is 96.8 Å². The van der Waals surface area contributed by atoms with Crippen molar-refractivity contribution < 1.29 is 41.1 Å². The summed E-state index contributed by atoms with van der Waals surface area (Å²) in [6.07, 6.45) is -3.97. The van der Waals surface area contributed by atoms with Crippen molar-refractivity contribution in [1.82, 2.24) is 18.3 Å². The molecule has 5 heterocycles. The number of nitrogens with zero attached hydrogens (tertiary/aromatic N) is 4. The topological polar surface area (TPSA) is 235 Å². The summed E-state index contributed by atoms with van der Waals surface area (Å²) in [5.74, 6) is 0. The average molecular weight is 872 g/mol. The molecule has 0 bridgehead atoms. The molecule has 0 amide bonds. The lowest BCUT2D eigenvalue weighted by atomic mass is 9.89. The van der Waals surface area contributed by atoms with E-state index in [1.807, 2.05) is 47.0 Å². The van der Waals surface area contributed by atoms with Crippen LogP contribution in [0, 0.1) is 13.8 Å². The predicted molar refractivity (Wildman–Crippen MR) is 220 cm³/mol. The van der Waals surface area contributed by atoms with E-state index in [1.54, 1.807) is 0 Å². The van der Waals surface area contributed by atoms with Crippen molar-refractivity contribution in [2.24, 2.45) is 5.73 Å². The third-order valence-corrected chi connectivity index (χ3v) is 22.5. The van der Waals surface area contributed by atoms with Gasteiger partial charge < -0.3 is 34.3 Å². The van der Waals surface area contributed by atoms with Crippen LogP contribution < -0.4 is 28.2 Å². The Morgan fingerprint density at radius 2 is 1.40 bits per heavy atom. The van der Waals surface area contributed by atoms with Gasteiger partial charge in [0, 0.05) is 43.0 Å². The molecule has 0 saturated carbocycles. The second-order valence-corrected chi connectivity index (χ2v) is 29.7. The predicted octanol–water partition coefficient (Wildman–Crippen LogP) is 1.89. The molecular weight excluding hydrogens is 811 g/mol. The van der Waals surface area contributed by atoms with Crippen LogP contribution in [0.25, 0.3) is 0 Å². The van der Waals surface area contributed by atoms with E-state index in [9.17, 15) is 37.8 Å². The zero-order valence-corrected chi connectivity index (χ0v) is 38.4. The molecule has 7 unspecified atom stereocenters. The molecule has 2 saturated heterocycles. The highest BCUT2D eigenvalue weighted by Crippen LogP contribution is 2.52. The summed E-state index contributed by atoms with van der Waals surface area (Å²) >= 11 is 0. The third kappa shape index (κ3) is 8.35. The molecule has 4 N–H and O–H groups in total. The molecule has 3 aliphatic heterocycles. The number of hydrogen-bond donors (Lipinski definition) is 3. The number of rotatable bonds is 12. The van der Waals surface area contributed by atoms with Crippen molar-refractivity contribution in [3.05, 3.63) is 76.3 Å². The number of aliphatic hydroxyl groups excluding tert-OH is 2. The van der Waals surface area contributed by atoms with E-state index >= 15 is 0 Å². The van der Waals surface area contributed by atoms with Crippen molar-refractivity contribution in [2.75, 3.05) is 13.2 Å². The molecule has 1 spiro atoms. The largest absolute Gasteiger partial charge is 0.414 e. The molecule has 0 aliphatic carbocycles. The summed E-state index contributed by atoms with van der Waals surface area (Å²) in [6.45, 7) is 22.2. The molecule has 58 heavy (non-hydrogen) atoms. The van der Waals surface area contributed by atoms with Crippen LogP contribution in [0.4, 0.5) is 0 Å². The highest BCUT2D eigenvalue weighted by molar-refractivity contribution is 7.90. The smallest absolute Gasteiger partial charge is 0.333 e. The van der Waals surface area contributed by atoms with Crippen molar-refractivity contribution >= 4 is 26.8 Å². The fourth-order valence-corrected chi connectivity index (χ4v) is 10.5. The van der Waals surface area contributed by atoms with Gasteiger partial charge in [-0.2, -0.15) is 8.42 Å². The van der Waals surface area contributed by atoms with Crippen LogP contribution in [-0.2, 0) is 45.7 Å². The van der Waals surface area contributed by atoms with Crippen molar-refractivity contribution in [2.45, 2.75) is 160 Å². The van der Waals surface area contributed by atoms with Gasteiger partial charge in [0.1, 0.15) is 24.5 Å². The maximum Gasteiger partial charge on any atom is 0.333 e. The van der Waals surface area contributed by atoms with E-state index < -0.39 is 103 Å². The molecule has 2 aromatic rings. The van der Waals surface area contributed by atoms with Gasteiger partial charge in [-0.3, -0.25) is 27.9 Å². The Hall–Kier alpha value is -3.00. The summed E-state index contributed by atoms with van der Waals surface area (Å²) in [6, 6.07) is 0. The quantitative estimate of drug-likeness (QED) is 0.204. The van der Waals surface area contributed by atoms with E-state index in [2.05, 4.69) is 20.8 Å². The van der Waals surface area contributed by atoms with Gasteiger partial charge >= 0.3 is 11.4 Å². The zero-order valence-electron chi connectivity index (χ0n) is 35.6. The van der Waals surface area contributed by atoms with Crippen molar-refractivity contribution in [3.8, 4) is 0 Å². The molecule has 5 rings (SSSR count). The Bertz CT molecular complexity index is 2290. The Morgan fingerprint density at radius 1 is 0.879 bits per heavy atom. The minimum Gasteiger partial charge on any atom is -0.414 e. The third-order valence-electron chi connectivity index (χ3n) is 12.5. The number of aromatic nitrogens is 4. The standard InChI is InChI=1S/C37H61N5O13SSi2/c1-22-17-41(28-16-24(44)25(19-43)52-28)33(47)39(30(22)45)14-13-15-40-31(46)23(2)18-42(34(40)48)32-29(54-58(11,12)36(6,7)8)37(26(38)21-56(49,50)55-37)27(53-32)20-51-57(9,10)35(3,4)5/h17-18,21,24-25,27-29,32,43-44H,13-16,19-20,38H2,1-12H3. The monoisotopic (exact) mass is 871 g/mol. The fourth-order valence-electron chi connectivity index (χ4n) is 6.95. The Labute approximate surface area is 340 Å². The number of aliphatic hydroxyl groups is 2. The summed E-state index contributed by atoms with van der Waals surface area (Å²) in [4.78, 5) is 54.9. The second kappa shape index (κ2) is 15.8. The minimum absolute atomic E-state index is 0.00993. The first kappa shape index (κ1) is 46.1. The van der Waals surface area contributed by atoms with Crippen molar-refractivity contribution in [3.63, 3.8) is 0 Å². The van der Waals surface area contributed by atoms with Gasteiger partial charge in [0.25, 0.3) is 21.2 Å². The maximum atomic E-state index is 14.5. The highest BCUT2D eigenvalue weighted by Gasteiger charge is 2.67. The Morgan fingerprint density at radius 3 is 1.86 bits per heavy atom. The zero-order chi connectivity index (χ0) is 43.7. The van der Waals surface area contributed by atoms with Crippen LogP contribution in [0.5, 0.6) is 0 Å². The molecule has 7 atom stereocenters. The first-order valence-corrected chi connectivity index (χ1v) is 26.8. The summed E-state index contributed by atoms with van der Waals surface area (Å²) in [7, 11) is -9.65. The normalized spacial score (nSPS) is 27.8. The summed E-state index contributed by atoms with van der Waals surface area (Å²) < 4.78 is 62.5. The van der Waals surface area contributed by atoms with Gasteiger partial charge in [0.15, 0.2) is 28.5 Å². The van der Waals surface area contributed by atoms with Crippen molar-refractivity contribution in [1.29, 1.82) is 0 Å². The molecular formula is C37H61N5O13SSi2. The fraction of sp³-hybridized carbons (Fsp3) is 0.730. The first-order chi connectivity index (χ1) is 26.5. The Balaban J connectivity index is 1.57. The van der Waals surface area contributed by atoms with Gasteiger partial charge in [-0.15, -0.1) is 0 Å². The molecule has 21 heteroatoms. The molecule has 2 aromatic heterocycles. The van der Waals surface area contributed by atoms with E-state index in [1.165, 1.54) is 35.4 Å². The van der Waals surface area contributed by atoms with Gasteiger partial charge in [0.2, 0.25) is 0 Å². The van der Waals surface area contributed by atoms with E-state index in [0.29, 0.717) is 0 Å². The molecule has 3 aliphatic rings. The van der Waals surface area contributed by atoms with Crippen LogP contribution >= 0.6 is 0 Å². The number of ether oxygens (including phenoxy) is 2. The Kier molecular flexibility index (Phi) is 12.5. The number of aryl methyl sites for hydroxylation is 2. The van der Waals surface area contributed by atoms with E-state index in [0.717, 1.165) is 14.5 Å². The van der Waals surface area contributed by atoms with Gasteiger partial charge in [-0.25, -0.2) is 13.8 Å². The molecule has 2 fully saturated rings. The average Bonchev–Trinajstić information content (AvgIpc) is 3.70.